The third-order valence-corrected chi connectivity index (χ3v) is 4.57. The predicted octanol–water partition coefficient (Wildman–Crippen LogP) is 3.00. The van der Waals surface area contributed by atoms with Crippen LogP contribution in [-0.4, -0.2) is 43.6 Å². The predicted molar refractivity (Wildman–Crippen MR) is 106 cm³/mol. The van der Waals surface area contributed by atoms with E-state index in [9.17, 15) is 19.7 Å². The number of nitro benzene ring substituents is 1. The lowest BCUT2D eigenvalue weighted by Crippen LogP contribution is -2.24. The summed E-state index contributed by atoms with van der Waals surface area (Å²) in [5, 5.41) is 13.7. The molecule has 0 aliphatic carbocycles. The van der Waals surface area contributed by atoms with Crippen molar-refractivity contribution in [2.75, 3.05) is 37.0 Å². The first-order valence-corrected chi connectivity index (χ1v) is 9.13. The Hall–Kier alpha value is -3.62. The lowest BCUT2D eigenvalue weighted by Gasteiger charge is -2.20. The van der Waals surface area contributed by atoms with Crippen LogP contribution in [0.25, 0.3) is 0 Å². The number of esters is 1. The van der Waals surface area contributed by atoms with Crippen LogP contribution in [0.1, 0.15) is 23.2 Å². The SMILES string of the molecule is COc1ccccc1NC(=O)COC(=O)c1cc([N+](=O)[O-])ccc1N1CCCC1. The molecule has 152 valence electrons. The molecule has 0 spiro atoms. The number of non-ortho nitro benzene ring substituents is 1. The molecule has 2 aromatic rings. The molecule has 1 amide bonds. The van der Waals surface area contributed by atoms with E-state index in [1.54, 1.807) is 30.3 Å². The smallest absolute Gasteiger partial charge is 0.341 e. The molecule has 0 saturated carbocycles. The summed E-state index contributed by atoms with van der Waals surface area (Å²) in [6.45, 7) is 0.984. The van der Waals surface area contributed by atoms with E-state index in [1.165, 1.54) is 19.2 Å². The first-order chi connectivity index (χ1) is 14.0. The lowest BCUT2D eigenvalue weighted by atomic mass is 10.1. The molecule has 9 nitrogen and oxygen atoms in total. The fraction of sp³-hybridized carbons (Fsp3) is 0.300. The molecule has 0 unspecified atom stereocenters. The molecule has 29 heavy (non-hydrogen) atoms. The molecule has 9 heteroatoms. The average Bonchev–Trinajstić information content (AvgIpc) is 3.26. The highest BCUT2D eigenvalue weighted by Gasteiger charge is 2.24. The quantitative estimate of drug-likeness (QED) is 0.433. The monoisotopic (exact) mass is 399 g/mol. The summed E-state index contributed by atoms with van der Waals surface area (Å²) in [6, 6.07) is 10.9. The summed E-state index contributed by atoms with van der Waals surface area (Å²) < 4.78 is 10.3. The van der Waals surface area contributed by atoms with Crippen molar-refractivity contribution in [1.29, 1.82) is 0 Å². The van der Waals surface area contributed by atoms with E-state index in [0.29, 0.717) is 17.1 Å². The van der Waals surface area contributed by atoms with Crippen LogP contribution in [0.15, 0.2) is 42.5 Å². The number of nitro groups is 1. The number of hydrogen-bond donors (Lipinski definition) is 1. The van der Waals surface area contributed by atoms with Crippen molar-refractivity contribution >= 4 is 28.9 Å². The topological polar surface area (TPSA) is 111 Å². The fourth-order valence-corrected chi connectivity index (χ4v) is 3.18. The Morgan fingerprint density at radius 3 is 2.59 bits per heavy atom. The number of rotatable bonds is 7. The second-order valence-electron chi connectivity index (χ2n) is 6.48. The summed E-state index contributed by atoms with van der Waals surface area (Å²) in [5.74, 6) is -0.857. The number of nitrogens with one attached hydrogen (secondary N) is 1. The van der Waals surface area contributed by atoms with Gasteiger partial charge in [-0.3, -0.25) is 14.9 Å². The third kappa shape index (κ3) is 4.81. The summed E-state index contributed by atoms with van der Waals surface area (Å²) in [4.78, 5) is 37.3. The zero-order valence-electron chi connectivity index (χ0n) is 15.9. The molecule has 1 heterocycles. The normalized spacial score (nSPS) is 13.1. The molecule has 2 aromatic carbocycles. The highest BCUT2D eigenvalue weighted by Crippen LogP contribution is 2.29. The minimum atomic E-state index is -0.786. The minimum Gasteiger partial charge on any atom is -0.495 e. The van der Waals surface area contributed by atoms with Gasteiger partial charge in [-0.15, -0.1) is 0 Å². The second-order valence-corrected chi connectivity index (χ2v) is 6.48. The van der Waals surface area contributed by atoms with Crippen LogP contribution in [0.3, 0.4) is 0 Å². The fourth-order valence-electron chi connectivity index (χ4n) is 3.18. The van der Waals surface area contributed by atoms with Crippen LogP contribution in [0, 0.1) is 10.1 Å². The van der Waals surface area contributed by atoms with Gasteiger partial charge in [0.15, 0.2) is 6.61 Å². The molecule has 1 saturated heterocycles. The lowest BCUT2D eigenvalue weighted by molar-refractivity contribution is -0.384. The van der Waals surface area contributed by atoms with Crippen molar-refractivity contribution in [2.24, 2.45) is 0 Å². The third-order valence-electron chi connectivity index (χ3n) is 4.57. The average molecular weight is 399 g/mol. The van der Waals surface area contributed by atoms with E-state index >= 15 is 0 Å². The van der Waals surface area contributed by atoms with Crippen LogP contribution in [0.4, 0.5) is 17.1 Å². The Labute approximate surface area is 167 Å². The standard InChI is InChI=1S/C20H21N3O6/c1-28-18-7-3-2-6-16(18)21-19(24)13-29-20(25)15-12-14(23(26)27)8-9-17(15)22-10-4-5-11-22/h2-3,6-9,12H,4-5,10-11,13H2,1H3,(H,21,24). The van der Waals surface area contributed by atoms with E-state index in [2.05, 4.69) is 5.32 Å². The van der Waals surface area contributed by atoms with Gasteiger partial charge in [-0.1, -0.05) is 12.1 Å². The molecule has 0 atom stereocenters. The maximum absolute atomic E-state index is 12.6. The number of carbonyl (C=O) groups is 2. The molecule has 0 radical (unpaired) electrons. The first kappa shape index (κ1) is 20.1. The van der Waals surface area contributed by atoms with E-state index in [4.69, 9.17) is 9.47 Å². The molecule has 0 aromatic heterocycles. The van der Waals surface area contributed by atoms with Crippen molar-refractivity contribution in [3.8, 4) is 5.75 Å². The van der Waals surface area contributed by atoms with Crippen molar-refractivity contribution in [3.63, 3.8) is 0 Å². The van der Waals surface area contributed by atoms with Crippen LogP contribution >= 0.6 is 0 Å². The number of benzene rings is 2. The molecular formula is C20H21N3O6. The van der Waals surface area contributed by atoms with Crippen LogP contribution in [0.5, 0.6) is 5.75 Å². The maximum atomic E-state index is 12.6. The Bertz CT molecular complexity index is 924. The number of para-hydroxylation sites is 2. The van der Waals surface area contributed by atoms with Crippen LogP contribution in [-0.2, 0) is 9.53 Å². The van der Waals surface area contributed by atoms with E-state index in [1.807, 2.05) is 4.90 Å². The van der Waals surface area contributed by atoms with E-state index in [0.717, 1.165) is 25.9 Å². The van der Waals surface area contributed by atoms with E-state index < -0.39 is 23.4 Å². The highest BCUT2D eigenvalue weighted by molar-refractivity contribution is 5.99. The number of methoxy groups -OCH3 is 1. The number of nitrogens with zero attached hydrogens (tertiary/aromatic N) is 2. The number of anilines is 2. The molecule has 1 fully saturated rings. The second kappa shape index (κ2) is 9.05. The van der Waals surface area contributed by atoms with Gasteiger partial charge in [-0.2, -0.15) is 0 Å². The molecule has 1 aliphatic heterocycles. The van der Waals surface area contributed by atoms with Gasteiger partial charge < -0.3 is 19.7 Å². The van der Waals surface area contributed by atoms with Gasteiger partial charge in [0.05, 0.1) is 29.0 Å². The van der Waals surface area contributed by atoms with Gasteiger partial charge in [-0.25, -0.2) is 4.79 Å². The van der Waals surface area contributed by atoms with Gasteiger partial charge in [0.2, 0.25) is 0 Å². The summed E-state index contributed by atoms with van der Waals surface area (Å²) in [5.41, 5.74) is 0.886. The van der Waals surface area contributed by atoms with Gasteiger partial charge in [0, 0.05) is 25.2 Å². The molecule has 1 aliphatic rings. The van der Waals surface area contributed by atoms with Crippen molar-refractivity contribution < 1.29 is 24.0 Å². The zero-order valence-corrected chi connectivity index (χ0v) is 15.9. The van der Waals surface area contributed by atoms with Crippen molar-refractivity contribution in [1.82, 2.24) is 0 Å². The molecule has 1 N–H and O–H groups in total. The van der Waals surface area contributed by atoms with Gasteiger partial charge in [-0.05, 0) is 31.0 Å². The zero-order chi connectivity index (χ0) is 20.8. The first-order valence-electron chi connectivity index (χ1n) is 9.13. The Balaban J connectivity index is 1.71. The summed E-state index contributed by atoms with van der Waals surface area (Å²) in [6.07, 6.45) is 1.96. The van der Waals surface area contributed by atoms with E-state index in [-0.39, 0.29) is 11.3 Å². The number of amides is 1. The van der Waals surface area contributed by atoms with Crippen LogP contribution in [0.2, 0.25) is 0 Å². The molecule has 3 rings (SSSR count). The van der Waals surface area contributed by atoms with Gasteiger partial charge >= 0.3 is 5.97 Å². The number of hydrogen-bond acceptors (Lipinski definition) is 7. The van der Waals surface area contributed by atoms with Crippen molar-refractivity contribution in [2.45, 2.75) is 12.8 Å². The number of carbonyl (C=O) groups excluding carboxylic acids is 2. The van der Waals surface area contributed by atoms with Crippen LogP contribution < -0.4 is 15.0 Å². The maximum Gasteiger partial charge on any atom is 0.341 e. The number of ether oxygens (including phenoxy) is 2. The Kier molecular flexibility index (Phi) is 6.28. The molecule has 0 bridgehead atoms. The largest absolute Gasteiger partial charge is 0.495 e. The summed E-state index contributed by atoms with van der Waals surface area (Å²) in [7, 11) is 1.48. The minimum absolute atomic E-state index is 0.0752. The summed E-state index contributed by atoms with van der Waals surface area (Å²) >= 11 is 0. The highest BCUT2D eigenvalue weighted by atomic mass is 16.6. The van der Waals surface area contributed by atoms with Gasteiger partial charge in [0.25, 0.3) is 11.6 Å². The Morgan fingerprint density at radius 1 is 1.17 bits per heavy atom. The Morgan fingerprint density at radius 2 is 1.90 bits per heavy atom. The van der Waals surface area contributed by atoms with Gasteiger partial charge in [0.1, 0.15) is 5.75 Å². The van der Waals surface area contributed by atoms with Crippen molar-refractivity contribution in [3.05, 3.63) is 58.1 Å². The molecular weight excluding hydrogens is 378 g/mol.